The van der Waals surface area contributed by atoms with Gasteiger partial charge in [0.15, 0.2) is 5.65 Å². The van der Waals surface area contributed by atoms with Crippen LogP contribution in [-0.4, -0.2) is 31.9 Å². The molecule has 0 spiro atoms. The molecule has 1 aliphatic heterocycles. The summed E-state index contributed by atoms with van der Waals surface area (Å²) in [6.07, 6.45) is 4.92. The Morgan fingerprint density at radius 3 is 2.85 bits per heavy atom. The number of carbonyl (C=O) groups excluding carboxylic acids is 1. The lowest BCUT2D eigenvalue weighted by molar-refractivity contribution is -0.132. The van der Waals surface area contributed by atoms with Crippen molar-refractivity contribution in [1.29, 1.82) is 0 Å². The van der Waals surface area contributed by atoms with E-state index in [1.165, 1.54) is 11.1 Å². The van der Waals surface area contributed by atoms with Crippen molar-refractivity contribution in [3.05, 3.63) is 59.5 Å². The Morgan fingerprint density at radius 1 is 1.15 bits per heavy atom. The molecule has 3 heterocycles. The molecular weight excluding hydrogens is 324 g/mol. The third kappa shape index (κ3) is 3.21. The SMILES string of the molecule is CCCn1c(CCC(=O)N2CCc3ccccc3C2)nc2cccnc21. The maximum atomic E-state index is 12.7. The molecule has 0 radical (unpaired) electrons. The average Bonchev–Trinajstić information content (AvgIpc) is 3.04. The van der Waals surface area contributed by atoms with E-state index in [1.54, 1.807) is 6.20 Å². The zero-order chi connectivity index (χ0) is 17.9. The first-order valence-corrected chi connectivity index (χ1v) is 9.41. The van der Waals surface area contributed by atoms with E-state index < -0.39 is 0 Å². The van der Waals surface area contributed by atoms with Gasteiger partial charge in [-0.05, 0) is 36.1 Å². The molecule has 0 bridgehead atoms. The average molecular weight is 348 g/mol. The number of nitrogens with zero attached hydrogens (tertiary/aromatic N) is 4. The molecule has 0 atom stereocenters. The predicted molar refractivity (Wildman–Crippen MR) is 102 cm³/mol. The molecule has 5 heteroatoms. The molecular formula is C21H24N4O. The van der Waals surface area contributed by atoms with Crippen LogP contribution in [0.25, 0.3) is 11.2 Å². The third-order valence-electron chi connectivity index (χ3n) is 5.08. The molecule has 0 saturated heterocycles. The fourth-order valence-electron chi connectivity index (χ4n) is 3.74. The Labute approximate surface area is 153 Å². The van der Waals surface area contributed by atoms with Crippen molar-refractivity contribution in [2.75, 3.05) is 6.54 Å². The van der Waals surface area contributed by atoms with Gasteiger partial charge in [0.25, 0.3) is 0 Å². The van der Waals surface area contributed by atoms with E-state index in [0.717, 1.165) is 49.5 Å². The van der Waals surface area contributed by atoms with Gasteiger partial charge < -0.3 is 9.47 Å². The lowest BCUT2D eigenvalue weighted by atomic mass is 9.99. The monoisotopic (exact) mass is 348 g/mol. The first-order valence-electron chi connectivity index (χ1n) is 9.41. The second-order valence-corrected chi connectivity index (χ2v) is 6.86. The van der Waals surface area contributed by atoms with E-state index in [9.17, 15) is 4.79 Å². The number of rotatable bonds is 5. The zero-order valence-corrected chi connectivity index (χ0v) is 15.2. The Kier molecular flexibility index (Phi) is 4.69. The Bertz CT molecular complexity index is 931. The van der Waals surface area contributed by atoms with Gasteiger partial charge in [0.1, 0.15) is 11.3 Å². The van der Waals surface area contributed by atoms with Crippen molar-refractivity contribution in [2.45, 2.75) is 45.7 Å². The topological polar surface area (TPSA) is 51.0 Å². The Hall–Kier alpha value is -2.69. The number of hydrogen-bond acceptors (Lipinski definition) is 3. The minimum absolute atomic E-state index is 0.211. The van der Waals surface area contributed by atoms with Crippen molar-refractivity contribution in [3.63, 3.8) is 0 Å². The first kappa shape index (κ1) is 16.8. The van der Waals surface area contributed by atoms with Crippen LogP contribution in [-0.2, 0) is 30.7 Å². The van der Waals surface area contributed by atoms with Gasteiger partial charge in [-0.1, -0.05) is 31.2 Å². The van der Waals surface area contributed by atoms with E-state index in [2.05, 4.69) is 34.7 Å². The third-order valence-corrected chi connectivity index (χ3v) is 5.08. The maximum Gasteiger partial charge on any atom is 0.223 e. The summed E-state index contributed by atoms with van der Waals surface area (Å²) in [6, 6.07) is 12.3. The van der Waals surface area contributed by atoms with Crippen molar-refractivity contribution >= 4 is 17.1 Å². The Morgan fingerprint density at radius 2 is 2.00 bits per heavy atom. The van der Waals surface area contributed by atoms with Crippen LogP contribution in [0, 0.1) is 0 Å². The van der Waals surface area contributed by atoms with Crippen LogP contribution >= 0.6 is 0 Å². The molecule has 0 saturated carbocycles. The standard InChI is InChI=1S/C21H24N4O/c1-2-13-25-19(23-18-8-5-12-22-21(18)25)9-10-20(26)24-14-11-16-6-3-4-7-17(16)15-24/h3-8,12H,2,9-11,13-15H2,1H3. The van der Waals surface area contributed by atoms with Crippen LogP contribution in [0.4, 0.5) is 0 Å². The van der Waals surface area contributed by atoms with Crippen LogP contribution in [0.3, 0.4) is 0 Å². The molecule has 0 N–H and O–H groups in total. The van der Waals surface area contributed by atoms with Gasteiger partial charge in [-0.25, -0.2) is 9.97 Å². The first-order chi connectivity index (χ1) is 12.8. The van der Waals surface area contributed by atoms with E-state index in [4.69, 9.17) is 4.98 Å². The predicted octanol–water partition coefficient (Wildman–Crippen LogP) is 3.36. The number of hydrogen-bond donors (Lipinski definition) is 0. The number of benzene rings is 1. The second-order valence-electron chi connectivity index (χ2n) is 6.86. The summed E-state index contributed by atoms with van der Waals surface area (Å²) in [5.74, 6) is 1.17. The van der Waals surface area contributed by atoms with E-state index in [1.807, 2.05) is 23.1 Å². The maximum absolute atomic E-state index is 12.7. The number of imidazole rings is 1. The van der Waals surface area contributed by atoms with Crippen LogP contribution in [0.5, 0.6) is 0 Å². The zero-order valence-electron chi connectivity index (χ0n) is 15.2. The van der Waals surface area contributed by atoms with Crippen molar-refractivity contribution in [3.8, 4) is 0 Å². The van der Waals surface area contributed by atoms with Crippen molar-refractivity contribution in [2.24, 2.45) is 0 Å². The molecule has 5 nitrogen and oxygen atoms in total. The highest BCUT2D eigenvalue weighted by molar-refractivity contribution is 5.77. The van der Waals surface area contributed by atoms with Crippen LogP contribution in [0.15, 0.2) is 42.6 Å². The van der Waals surface area contributed by atoms with Gasteiger partial charge in [-0.15, -0.1) is 0 Å². The molecule has 0 aliphatic carbocycles. The minimum Gasteiger partial charge on any atom is -0.338 e. The molecule has 1 aliphatic rings. The number of amides is 1. The van der Waals surface area contributed by atoms with Crippen LogP contribution in [0.2, 0.25) is 0 Å². The van der Waals surface area contributed by atoms with E-state index >= 15 is 0 Å². The summed E-state index contributed by atoms with van der Waals surface area (Å²) in [5, 5.41) is 0. The molecule has 1 aromatic carbocycles. The summed E-state index contributed by atoms with van der Waals surface area (Å²) >= 11 is 0. The molecule has 26 heavy (non-hydrogen) atoms. The molecule has 1 amide bonds. The highest BCUT2D eigenvalue weighted by atomic mass is 16.2. The number of aromatic nitrogens is 3. The number of pyridine rings is 1. The number of fused-ring (bicyclic) bond motifs is 2. The highest BCUT2D eigenvalue weighted by Gasteiger charge is 2.21. The number of aryl methyl sites for hydroxylation is 2. The molecule has 2 aromatic heterocycles. The molecule has 3 aromatic rings. The lowest BCUT2D eigenvalue weighted by Crippen LogP contribution is -2.36. The van der Waals surface area contributed by atoms with Crippen molar-refractivity contribution < 1.29 is 4.79 Å². The van der Waals surface area contributed by atoms with E-state index in [0.29, 0.717) is 12.8 Å². The van der Waals surface area contributed by atoms with Crippen LogP contribution < -0.4 is 0 Å². The molecule has 134 valence electrons. The highest BCUT2D eigenvalue weighted by Crippen LogP contribution is 2.20. The van der Waals surface area contributed by atoms with Gasteiger partial charge in [0.2, 0.25) is 5.91 Å². The van der Waals surface area contributed by atoms with Gasteiger partial charge in [-0.3, -0.25) is 4.79 Å². The fourth-order valence-corrected chi connectivity index (χ4v) is 3.74. The summed E-state index contributed by atoms with van der Waals surface area (Å²) in [6.45, 7) is 4.56. The largest absolute Gasteiger partial charge is 0.338 e. The van der Waals surface area contributed by atoms with Gasteiger partial charge >= 0.3 is 0 Å². The summed E-state index contributed by atoms with van der Waals surface area (Å²) < 4.78 is 2.16. The summed E-state index contributed by atoms with van der Waals surface area (Å²) in [7, 11) is 0. The van der Waals surface area contributed by atoms with Crippen molar-refractivity contribution in [1.82, 2.24) is 19.4 Å². The molecule has 0 fully saturated rings. The smallest absolute Gasteiger partial charge is 0.223 e. The van der Waals surface area contributed by atoms with E-state index in [-0.39, 0.29) is 5.91 Å². The second kappa shape index (κ2) is 7.28. The minimum atomic E-state index is 0.211. The Balaban J connectivity index is 1.47. The quantitative estimate of drug-likeness (QED) is 0.710. The summed E-state index contributed by atoms with van der Waals surface area (Å²) in [4.78, 5) is 23.9. The molecule has 0 unspecified atom stereocenters. The fraction of sp³-hybridized carbons (Fsp3) is 0.381. The van der Waals surface area contributed by atoms with Crippen LogP contribution in [0.1, 0.15) is 36.7 Å². The molecule has 4 rings (SSSR count). The van der Waals surface area contributed by atoms with Gasteiger partial charge in [-0.2, -0.15) is 0 Å². The summed E-state index contributed by atoms with van der Waals surface area (Å²) in [5.41, 5.74) is 4.47. The van der Waals surface area contributed by atoms with Gasteiger partial charge in [0.05, 0.1) is 0 Å². The number of carbonyl (C=O) groups is 1. The van der Waals surface area contributed by atoms with Gasteiger partial charge in [0, 0.05) is 38.7 Å². The lowest BCUT2D eigenvalue weighted by Gasteiger charge is -2.29. The normalized spacial score (nSPS) is 13.8.